The second-order valence-electron chi connectivity index (χ2n) is 6.48. The Morgan fingerprint density at radius 1 is 1.33 bits per heavy atom. The molecule has 0 unspecified atom stereocenters. The SMILES string of the molecule is Cc1nc([C@@H]2CCCN2C(=O)Cc2c(C)[nH]c3ccccc23)n[nH]1. The predicted molar refractivity (Wildman–Crippen MR) is 91.5 cm³/mol. The van der Waals surface area contributed by atoms with Crippen molar-refractivity contribution in [2.75, 3.05) is 6.54 Å². The van der Waals surface area contributed by atoms with E-state index in [1.165, 1.54) is 0 Å². The molecule has 0 saturated carbocycles. The third-order valence-electron chi connectivity index (χ3n) is 4.84. The van der Waals surface area contributed by atoms with Crippen molar-refractivity contribution in [3.63, 3.8) is 0 Å². The Morgan fingerprint density at radius 2 is 2.17 bits per heavy atom. The first-order valence-corrected chi connectivity index (χ1v) is 8.38. The van der Waals surface area contributed by atoms with Gasteiger partial charge in [-0.3, -0.25) is 9.89 Å². The minimum absolute atomic E-state index is 0.00652. The van der Waals surface area contributed by atoms with Crippen molar-refractivity contribution >= 4 is 16.8 Å². The Morgan fingerprint density at radius 3 is 2.96 bits per heavy atom. The minimum atomic E-state index is -0.00652. The van der Waals surface area contributed by atoms with Crippen LogP contribution in [-0.4, -0.2) is 37.5 Å². The Balaban J connectivity index is 1.60. The summed E-state index contributed by atoms with van der Waals surface area (Å²) in [5, 5.41) is 8.27. The number of benzene rings is 1. The molecule has 6 nitrogen and oxygen atoms in total. The highest BCUT2D eigenvalue weighted by atomic mass is 16.2. The highest BCUT2D eigenvalue weighted by molar-refractivity contribution is 5.90. The van der Waals surface area contributed by atoms with Gasteiger partial charge in [-0.1, -0.05) is 18.2 Å². The van der Waals surface area contributed by atoms with Crippen molar-refractivity contribution < 1.29 is 4.79 Å². The number of hydrogen-bond acceptors (Lipinski definition) is 3. The molecule has 1 atom stereocenters. The molecule has 1 saturated heterocycles. The van der Waals surface area contributed by atoms with Crippen LogP contribution >= 0.6 is 0 Å². The summed E-state index contributed by atoms with van der Waals surface area (Å²) in [6.07, 6.45) is 2.34. The average molecular weight is 323 g/mol. The molecular formula is C18H21N5O. The quantitative estimate of drug-likeness (QED) is 0.778. The summed E-state index contributed by atoms with van der Waals surface area (Å²) in [7, 11) is 0. The van der Waals surface area contributed by atoms with Crippen LogP contribution in [0.25, 0.3) is 10.9 Å². The zero-order valence-corrected chi connectivity index (χ0v) is 14.0. The Labute approximate surface area is 140 Å². The molecule has 6 heteroatoms. The van der Waals surface area contributed by atoms with Crippen LogP contribution in [0.15, 0.2) is 24.3 Å². The van der Waals surface area contributed by atoms with Gasteiger partial charge in [0, 0.05) is 23.1 Å². The molecule has 1 amide bonds. The van der Waals surface area contributed by atoms with Crippen molar-refractivity contribution in [1.82, 2.24) is 25.1 Å². The van der Waals surface area contributed by atoms with Crippen LogP contribution < -0.4 is 0 Å². The van der Waals surface area contributed by atoms with E-state index in [4.69, 9.17) is 0 Å². The third kappa shape index (κ3) is 2.48. The normalized spacial score (nSPS) is 17.8. The molecule has 1 fully saturated rings. The summed E-state index contributed by atoms with van der Waals surface area (Å²) in [6.45, 7) is 4.69. The lowest BCUT2D eigenvalue weighted by atomic mass is 10.1. The summed E-state index contributed by atoms with van der Waals surface area (Å²) < 4.78 is 0. The molecule has 1 aliphatic rings. The zero-order chi connectivity index (χ0) is 16.7. The number of H-pyrrole nitrogens is 2. The summed E-state index contributed by atoms with van der Waals surface area (Å²) in [5.74, 6) is 1.67. The van der Waals surface area contributed by atoms with E-state index in [9.17, 15) is 4.79 Å². The van der Waals surface area contributed by atoms with Gasteiger partial charge in [0.25, 0.3) is 0 Å². The maximum atomic E-state index is 12.9. The van der Waals surface area contributed by atoms with Gasteiger partial charge in [-0.05, 0) is 38.3 Å². The van der Waals surface area contributed by atoms with Crippen LogP contribution in [-0.2, 0) is 11.2 Å². The summed E-state index contributed by atoms with van der Waals surface area (Å²) in [5.41, 5.74) is 3.24. The van der Waals surface area contributed by atoms with E-state index >= 15 is 0 Å². The maximum Gasteiger partial charge on any atom is 0.227 e. The first-order valence-electron chi connectivity index (χ1n) is 8.38. The van der Waals surface area contributed by atoms with E-state index < -0.39 is 0 Å². The largest absolute Gasteiger partial charge is 0.358 e. The highest BCUT2D eigenvalue weighted by Gasteiger charge is 2.32. The molecule has 0 aliphatic carbocycles. The number of nitrogens with zero attached hydrogens (tertiary/aromatic N) is 3. The molecule has 1 aromatic carbocycles. The Kier molecular flexibility index (Phi) is 3.59. The number of aromatic amines is 2. The number of likely N-dealkylation sites (tertiary alicyclic amines) is 1. The number of para-hydroxylation sites is 1. The number of amides is 1. The summed E-state index contributed by atoms with van der Waals surface area (Å²) in [4.78, 5) is 22.7. The van der Waals surface area contributed by atoms with Gasteiger partial charge >= 0.3 is 0 Å². The predicted octanol–water partition coefficient (Wildman–Crippen LogP) is 2.81. The highest BCUT2D eigenvalue weighted by Crippen LogP contribution is 2.31. The molecule has 1 aliphatic heterocycles. The van der Waals surface area contributed by atoms with E-state index in [1.807, 2.05) is 36.9 Å². The number of aromatic nitrogens is 4. The van der Waals surface area contributed by atoms with Crippen molar-refractivity contribution in [3.8, 4) is 0 Å². The second kappa shape index (κ2) is 5.78. The number of aryl methyl sites for hydroxylation is 2. The Hall–Kier alpha value is -2.63. The number of fused-ring (bicyclic) bond motifs is 1. The van der Waals surface area contributed by atoms with Gasteiger partial charge in [-0.15, -0.1) is 0 Å². The molecule has 24 heavy (non-hydrogen) atoms. The third-order valence-corrected chi connectivity index (χ3v) is 4.84. The number of nitrogens with one attached hydrogen (secondary N) is 2. The fraction of sp³-hybridized carbons (Fsp3) is 0.389. The molecule has 4 rings (SSSR count). The van der Waals surface area contributed by atoms with Gasteiger partial charge < -0.3 is 9.88 Å². The molecule has 0 radical (unpaired) electrons. The zero-order valence-electron chi connectivity index (χ0n) is 14.0. The van der Waals surface area contributed by atoms with Gasteiger partial charge in [0.2, 0.25) is 5.91 Å². The second-order valence-corrected chi connectivity index (χ2v) is 6.48. The van der Waals surface area contributed by atoms with E-state index in [0.717, 1.165) is 53.2 Å². The van der Waals surface area contributed by atoms with Gasteiger partial charge in [-0.25, -0.2) is 4.98 Å². The fourth-order valence-electron chi connectivity index (χ4n) is 3.66. The Bertz CT molecular complexity index is 894. The number of carbonyl (C=O) groups is 1. The molecule has 0 bridgehead atoms. The van der Waals surface area contributed by atoms with E-state index in [0.29, 0.717) is 6.42 Å². The van der Waals surface area contributed by atoms with Gasteiger partial charge in [0.05, 0.1) is 12.5 Å². The van der Waals surface area contributed by atoms with E-state index in [-0.39, 0.29) is 11.9 Å². The van der Waals surface area contributed by atoms with Crippen molar-refractivity contribution in [2.45, 2.75) is 39.2 Å². The van der Waals surface area contributed by atoms with Crippen LogP contribution in [0.4, 0.5) is 0 Å². The topological polar surface area (TPSA) is 77.7 Å². The first-order chi connectivity index (χ1) is 11.6. The molecule has 2 aromatic heterocycles. The van der Waals surface area contributed by atoms with Crippen LogP contribution in [0.3, 0.4) is 0 Å². The molecule has 124 valence electrons. The van der Waals surface area contributed by atoms with Crippen LogP contribution in [0, 0.1) is 13.8 Å². The standard InChI is InChI=1S/C18H21N5O/c1-11-14(13-6-3-4-7-15(13)19-11)10-17(24)23-9-5-8-16(23)18-20-12(2)21-22-18/h3-4,6-7,16,19H,5,8-10H2,1-2H3,(H,20,21,22)/t16-/m0/s1. The van der Waals surface area contributed by atoms with Gasteiger partial charge in [0.1, 0.15) is 5.82 Å². The first kappa shape index (κ1) is 14.9. The maximum absolute atomic E-state index is 12.9. The van der Waals surface area contributed by atoms with Crippen LogP contribution in [0.1, 0.15) is 41.8 Å². The lowest BCUT2D eigenvalue weighted by molar-refractivity contribution is -0.131. The fourth-order valence-corrected chi connectivity index (χ4v) is 3.66. The molecular weight excluding hydrogens is 302 g/mol. The summed E-state index contributed by atoms with van der Waals surface area (Å²) in [6, 6.07) is 8.13. The number of rotatable bonds is 3. The smallest absolute Gasteiger partial charge is 0.227 e. The average Bonchev–Trinajstić information content (AvgIpc) is 3.27. The van der Waals surface area contributed by atoms with Crippen LogP contribution in [0.5, 0.6) is 0 Å². The minimum Gasteiger partial charge on any atom is -0.358 e. The van der Waals surface area contributed by atoms with Crippen molar-refractivity contribution in [2.24, 2.45) is 0 Å². The monoisotopic (exact) mass is 323 g/mol. The van der Waals surface area contributed by atoms with Gasteiger partial charge in [0.15, 0.2) is 5.82 Å². The van der Waals surface area contributed by atoms with Gasteiger partial charge in [-0.2, -0.15) is 5.10 Å². The van der Waals surface area contributed by atoms with Crippen molar-refractivity contribution in [1.29, 1.82) is 0 Å². The molecule has 0 spiro atoms. The van der Waals surface area contributed by atoms with E-state index in [1.54, 1.807) is 0 Å². The van der Waals surface area contributed by atoms with E-state index in [2.05, 4.69) is 26.2 Å². The lowest BCUT2D eigenvalue weighted by Gasteiger charge is -2.22. The van der Waals surface area contributed by atoms with Crippen LogP contribution in [0.2, 0.25) is 0 Å². The lowest BCUT2D eigenvalue weighted by Crippen LogP contribution is -2.32. The molecule has 3 aromatic rings. The summed E-state index contributed by atoms with van der Waals surface area (Å²) >= 11 is 0. The molecule has 3 heterocycles. The number of hydrogen-bond donors (Lipinski definition) is 2. The molecule has 2 N–H and O–H groups in total. The number of carbonyl (C=O) groups excluding carboxylic acids is 1. The van der Waals surface area contributed by atoms with Crippen molar-refractivity contribution in [3.05, 3.63) is 47.2 Å².